The topological polar surface area (TPSA) is 142 Å². The molecule has 0 bridgehead atoms. The van der Waals surface area contributed by atoms with Gasteiger partial charge in [-0.2, -0.15) is 5.10 Å². The van der Waals surface area contributed by atoms with Crippen molar-refractivity contribution in [3.63, 3.8) is 0 Å². The quantitative estimate of drug-likeness (QED) is 0.205. The molecule has 0 unspecified atom stereocenters. The number of halogens is 1. The zero-order valence-electron chi connectivity index (χ0n) is 24.6. The first-order valence-electron chi connectivity index (χ1n) is 14.1. The summed E-state index contributed by atoms with van der Waals surface area (Å²) in [5, 5.41) is 13.4. The summed E-state index contributed by atoms with van der Waals surface area (Å²) in [5.74, 6) is -0.939. The molecule has 1 heterocycles. The Morgan fingerprint density at radius 3 is 2.18 bits per heavy atom. The number of nitrogens with zero attached hydrogens (tertiary/aromatic N) is 3. The van der Waals surface area contributed by atoms with Crippen molar-refractivity contribution in [3.05, 3.63) is 87.5 Å². The summed E-state index contributed by atoms with van der Waals surface area (Å²) in [6.07, 6.45) is 3.29. The van der Waals surface area contributed by atoms with E-state index >= 15 is 0 Å². The van der Waals surface area contributed by atoms with Crippen molar-refractivity contribution >= 4 is 60.3 Å². The standard InChI is InChI=1S/C31H33BrN6O5S/c1-33-29(39)22-7-4-5-8-23(22)30(40)35-15-6-16-37(44(3,42)43)27-18-26-25(17-24(27)19-9-10-19)28(31(41)34-2)38(36-26)21-13-11-20(32)12-14-21/h4-5,7-8,11-14,17-19H,6,9-10,15-16H2,1-3H3,(H,33,39)(H,34,41)(H,35,40). The first-order valence-corrected chi connectivity index (χ1v) is 16.8. The number of aromatic nitrogens is 2. The van der Waals surface area contributed by atoms with Crippen molar-refractivity contribution in [2.75, 3.05) is 37.7 Å². The molecule has 5 rings (SSSR count). The van der Waals surface area contributed by atoms with Crippen LogP contribution in [-0.2, 0) is 10.0 Å². The molecule has 3 aromatic carbocycles. The minimum absolute atomic E-state index is 0.108. The number of carbonyl (C=O) groups excluding carboxylic acids is 3. The summed E-state index contributed by atoms with van der Waals surface area (Å²) in [4.78, 5) is 38.2. The highest BCUT2D eigenvalue weighted by atomic mass is 79.9. The molecule has 1 aliphatic rings. The lowest BCUT2D eigenvalue weighted by Crippen LogP contribution is -2.34. The summed E-state index contributed by atoms with van der Waals surface area (Å²) < 4.78 is 30.1. The number of nitrogens with one attached hydrogen (secondary N) is 3. The van der Waals surface area contributed by atoms with E-state index in [1.807, 2.05) is 30.3 Å². The summed E-state index contributed by atoms with van der Waals surface area (Å²) in [6, 6.07) is 17.5. The molecule has 4 aromatic rings. The van der Waals surface area contributed by atoms with Crippen LogP contribution in [0.3, 0.4) is 0 Å². The summed E-state index contributed by atoms with van der Waals surface area (Å²) in [7, 11) is -0.667. The van der Waals surface area contributed by atoms with Gasteiger partial charge in [0.2, 0.25) is 10.0 Å². The highest BCUT2D eigenvalue weighted by Crippen LogP contribution is 2.46. The highest BCUT2D eigenvalue weighted by Gasteiger charge is 2.32. The van der Waals surface area contributed by atoms with Crippen molar-refractivity contribution in [2.24, 2.45) is 0 Å². The Labute approximate surface area is 264 Å². The molecule has 230 valence electrons. The summed E-state index contributed by atoms with van der Waals surface area (Å²) in [6.45, 7) is 0.296. The second kappa shape index (κ2) is 12.8. The minimum atomic E-state index is -3.72. The number of anilines is 1. The number of carbonyl (C=O) groups is 3. The van der Waals surface area contributed by atoms with Gasteiger partial charge in [-0.3, -0.25) is 18.7 Å². The number of benzene rings is 3. The van der Waals surface area contributed by atoms with E-state index < -0.39 is 15.9 Å². The van der Waals surface area contributed by atoms with Gasteiger partial charge in [-0.1, -0.05) is 28.1 Å². The van der Waals surface area contributed by atoms with Crippen LogP contribution in [-0.4, -0.2) is 69.4 Å². The molecular formula is C31H33BrN6O5S. The lowest BCUT2D eigenvalue weighted by Gasteiger charge is -2.25. The van der Waals surface area contributed by atoms with Gasteiger partial charge < -0.3 is 16.0 Å². The van der Waals surface area contributed by atoms with E-state index in [-0.39, 0.29) is 41.9 Å². The van der Waals surface area contributed by atoms with Crippen LogP contribution < -0.4 is 20.3 Å². The zero-order valence-corrected chi connectivity index (χ0v) is 27.0. The molecule has 13 heteroatoms. The fourth-order valence-electron chi connectivity index (χ4n) is 5.18. The van der Waals surface area contributed by atoms with Gasteiger partial charge in [0.05, 0.1) is 34.3 Å². The average Bonchev–Trinajstić information content (AvgIpc) is 3.79. The van der Waals surface area contributed by atoms with Crippen LogP contribution >= 0.6 is 15.9 Å². The zero-order chi connectivity index (χ0) is 31.6. The maximum absolute atomic E-state index is 13.1. The molecule has 3 N–H and O–H groups in total. The van der Waals surface area contributed by atoms with Crippen molar-refractivity contribution in [2.45, 2.75) is 25.2 Å². The van der Waals surface area contributed by atoms with Gasteiger partial charge in [0.15, 0.2) is 0 Å². The van der Waals surface area contributed by atoms with E-state index in [4.69, 9.17) is 5.10 Å². The second-order valence-electron chi connectivity index (χ2n) is 10.6. The number of sulfonamides is 1. The average molecular weight is 682 g/mol. The molecule has 0 aliphatic heterocycles. The molecule has 3 amide bonds. The van der Waals surface area contributed by atoms with Crippen LogP contribution in [0.2, 0.25) is 0 Å². The van der Waals surface area contributed by atoms with E-state index in [2.05, 4.69) is 31.9 Å². The van der Waals surface area contributed by atoms with Gasteiger partial charge >= 0.3 is 0 Å². The van der Waals surface area contributed by atoms with Crippen LogP contribution in [0.15, 0.2) is 65.1 Å². The van der Waals surface area contributed by atoms with Crippen molar-refractivity contribution in [1.29, 1.82) is 0 Å². The molecule has 0 saturated heterocycles. The maximum atomic E-state index is 13.1. The van der Waals surface area contributed by atoms with Crippen molar-refractivity contribution < 1.29 is 22.8 Å². The molecule has 44 heavy (non-hydrogen) atoms. The molecule has 0 atom stereocenters. The van der Waals surface area contributed by atoms with E-state index in [0.29, 0.717) is 34.4 Å². The summed E-state index contributed by atoms with van der Waals surface area (Å²) >= 11 is 3.44. The molecule has 0 radical (unpaired) electrons. The molecule has 1 aliphatic carbocycles. The fraction of sp³-hybridized carbons (Fsp3) is 0.290. The molecule has 1 aromatic heterocycles. The molecule has 1 fully saturated rings. The number of rotatable bonds is 11. The summed E-state index contributed by atoms with van der Waals surface area (Å²) in [5.41, 5.74) is 3.39. The first kappa shape index (κ1) is 31.2. The van der Waals surface area contributed by atoms with Crippen LogP contribution in [0.1, 0.15) is 61.9 Å². The Bertz CT molecular complexity index is 1850. The SMILES string of the molecule is CNC(=O)c1ccccc1C(=O)NCCCN(c1cc2nn(-c3ccc(Br)cc3)c(C(=O)NC)c2cc1C1CC1)S(C)(=O)=O. The molecule has 1 saturated carbocycles. The second-order valence-corrected chi connectivity index (χ2v) is 13.4. The van der Waals surface area contributed by atoms with E-state index in [0.717, 1.165) is 29.1 Å². The molecule has 11 nitrogen and oxygen atoms in total. The Morgan fingerprint density at radius 2 is 1.59 bits per heavy atom. The number of hydrogen-bond acceptors (Lipinski definition) is 6. The molecule has 0 spiro atoms. The fourth-order valence-corrected chi connectivity index (χ4v) is 6.42. The maximum Gasteiger partial charge on any atom is 0.270 e. The number of amides is 3. The van der Waals surface area contributed by atoms with Gasteiger partial charge in [0.25, 0.3) is 17.7 Å². The highest BCUT2D eigenvalue weighted by molar-refractivity contribution is 9.10. The van der Waals surface area contributed by atoms with Gasteiger partial charge in [-0.05, 0) is 79.3 Å². The van der Waals surface area contributed by atoms with E-state index in [1.54, 1.807) is 42.1 Å². The Kier molecular flexibility index (Phi) is 9.07. The van der Waals surface area contributed by atoms with Gasteiger partial charge in [0.1, 0.15) is 5.69 Å². The van der Waals surface area contributed by atoms with Crippen LogP contribution in [0.5, 0.6) is 0 Å². The van der Waals surface area contributed by atoms with Crippen LogP contribution in [0.25, 0.3) is 16.6 Å². The van der Waals surface area contributed by atoms with E-state index in [1.165, 1.54) is 11.4 Å². The third-order valence-electron chi connectivity index (χ3n) is 7.49. The van der Waals surface area contributed by atoms with Crippen molar-refractivity contribution in [3.8, 4) is 5.69 Å². The van der Waals surface area contributed by atoms with Gasteiger partial charge in [0, 0.05) is 37.0 Å². The van der Waals surface area contributed by atoms with Crippen LogP contribution in [0.4, 0.5) is 5.69 Å². The Balaban J connectivity index is 1.46. The Hall–Kier alpha value is -4.23. The van der Waals surface area contributed by atoms with Gasteiger partial charge in [-0.25, -0.2) is 13.1 Å². The van der Waals surface area contributed by atoms with Gasteiger partial charge in [-0.15, -0.1) is 0 Å². The molecular weight excluding hydrogens is 648 g/mol. The van der Waals surface area contributed by atoms with Crippen LogP contribution in [0, 0.1) is 0 Å². The Morgan fingerprint density at radius 1 is 0.955 bits per heavy atom. The third kappa shape index (κ3) is 6.48. The first-order chi connectivity index (χ1) is 21.0. The predicted molar refractivity (Wildman–Crippen MR) is 173 cm³/mol. The largest absolute Gasteiger partial charge is 0.355 e. The third-order valence-corrected chi connectivity index (χ3v) is 9.19. The predicted octanol–water partition coefficient (Wildman–Crippen LogP) is 3.97. The lowest BCUT2D eigenvalue weighted by atomic mass is 10.0. The minimum Gasteiger partial charge on any atom is -0.355 e. The van der Waals surface area contributed by atoms with Crippen molar-refractivity contribution in [1.82, 2.24) is 25.7 Å². The smallest absolute Gasteiger partial charge is 0.270 e. The number of fused-ring (bicyclic) bond motifs is 1. The van der Waals surface area contributed by atoms with E-state index in [9.17, 15) is 22.8 Å². The normalized spacial score (nSPS) is 13.0. The lowest BCUT2D eigenvalue weighted by molar-refractivity contribution is 0.0924. The monoisotopic (exact) mass is 680 g/mol. The number of hydrogen-bond donors (Lipinski definition) is 3.